The topological polar surface area (TPSA) is 34.1 Å². The third-order valence-electron chi connectivity index (χ3n) is 1.50. The summed E-state index contributed by atoms with van der Waals surface area (Å²) in [6.07, 6.45) is 0.0509. The van der Waals surface area contributed by atoms with E-state index in [-0.39, 0.29) is 12.8 Å². The van der Waals surface area contributed by atoms with Crippen molar-refractivity contribution in [3.63, 3.8) is 0 Å². The van der Waals surface area contributed by atoms with E-state index in [1.54, 1.807) is 0 Å². The molecule has 1 aliphatic carbocycles. The number of hydrogen-bond acceptors (Lipinski definition) is 2. The molecule has 0 atom stereocenters. The standard InChI is InChI=1S/C5H4F2O2/c6-3(8)5(1-2-5)4(7)9/h1-2H2. The zero-order valence-corrected chi connectivity index (χ0v) is 4.49. The van der Waals surface area contributed by atoms with Gasteiger partial charge in [-0.1, -0.05) is 0 Å². The highest BCUT2D eigenvalue weighted by molar-refractivity contribution is 6.02. The van der Waals surface area contributed by atoms with E-state index in [9.17, 15) is 18.4 Å². The fraction of sp³-hybridized carbons (Fsp3) is 0.600. The maximum atomic E-state index is 11.7. The highest BCUT2D eigenvalue weighted by atomic mass is 19.1. The Morgan fingerprint density at radius 3 is 1.44 bits per heavy atom. The molecule has 9 heavy (non-hydrogen) atoms. The van der Waals surface area contributed by atoms with Crippen LogP contribution in [0.2, 0.25) is 0 Å². The van der Waals surface area contributed by atoms with Crippen molar-refractivity contribution in [3.05, 3.63) is 0 Å². The van der Waals surface area contributed by atoms with E-state index in [2.05, 4.69) is 0 Å². The Bertz CT molecular complexity index is 156. The van der Waals surface area contributed by atoms with Gasteiger partial charge in [-0.25, -0.2) is 0 Å². The van der Waals surface area contributed by atoms with Crippen LogP contribution < -0.4 is 0 Å². The molecule has 0 bridgehead atoms. The van der Waals surface area contributed by atoms with Gasteiger partial charge in [-0.3, -0.25) is 9.59 Å². The van der Waals surface area contributed by atoms with Crippen LogP contribution in [0.3, 0.4) is 0 Å². The molecule has 0 N–H and O–H groups in total. The largest absolute Gasteiger partial charge is 0.317 e. The molecule has 50 valence electrons. The molecule has 0 aromatic rings. The highest BCUT2D eigenvalue weighted by Gasteiger charge is 2.57. The molecule has 0 amide bonds. The van der Waals surface area contributed by atoms with Crippen LogP contribution in [0, 0.1) is 5.41 Å². The Labute approximate surface area is 49.8 Å². The fourth-order valence-electron chi connectivity index (χ4n) is 0.595. The smallest absolute Gasteiger partial charge is 0.260 e. The molecule has 4 heteroatoms. The van der Waals surface area contributed by atoms with Crippen LogP contribution in [-0.2, 0) is 9.59 Å². The molecule has 0 saturated heterocycles. The number of rotatable bonds is 2. The first-order valence-corrected chi connectivity index (χ1v) is 2.49. The molecule has 1 aliphatic rings. The first-order chi connectivity index (χ1) is 4.09. The average Bonchev–Trinajstić information content (AvgIpc) is 2.40. The monoisotopic (exact) mass is 134 g/mol. The highest BCUT2D eigenvalue weighted by Crippen LogP contribution is 2.47. The Hall–Kier alpha value is -0.800. The number of carbonyl (C=O) groups is 2. The quantitative estimate of drug-likeness (QED) is 0.412. The van der Waals surface area contributed by atoms with Crippen LogP contribution in [0.15, 0.2) is 0 Å². The lowest BCUT2D eigenvalue weighted by Crippen LogP contribution is -2.18. The van der Waals surface area contributed by atoms with Crippen molar-refractivity contribution in [2.75, 3.05) is 0 Å². The minimum atomic E-state index is -1.86. The summed E-state index contributed by atoms with van der Waals surface area (Å²) in [5.41, 5.74) is -1.86. The fourth-order valence-corrected chi connectivity index (χ4v) is 0.595. The Balaban J connectivity index is 2.75. The lowest BCUT2D eigenvalue weighted by Gasteiger charge is -1.95. The predicted octanol–water partition coefficient (Wildman–Crippen LogP) is 0.759. The SMILES string of the molecule is O=C(F)C1(C(=O)F)CC1. The summed E-state index contributed by atoms with van der Waals surface area (Å²) in [7, 11) is 0. The van der Waals surface area contributed by atoms with E-state index >= 15 is 0 Å². The zero-order chi connectivity index (χ0) is 7.07. The van der Waals surface area contributed by atoms with Crippen molar-refractivity contribution < 1.29 is 18.4 Å². The summed E-state index contributed by atoms with van der Waals surface area (Å²) < 4.78 is 23.4. The van der Waals surface area contributed by atoms with Gasteiger partial charge in [-0.15, -0.1) is 0 Å². The summed E-state index contributed by atoms with van der Waals surface area (Å²) in [5, 5.41) is 0. The molecule has 1 saturated carbocycles. The average molecular weight is 134 g/mol. The molecule has 0 heterocycles. The number of hydrogen-bond donors (Lipinski definition) is 0. The molecule has 0 aliphatic heterocycles. The van der Waals surface area contributed by atoms with E-state index in [0.717, 1.165) is 0 Å². The zero-order valence-electron chi connectivity index (χ0n) is 4.49. The van der Waals surface area contributed by atoms with Gasteiger partial charge in [0.2, 0.25) is 0 Å². The van der Waals surface area contributed by atoms with Gasteiger partial charge < -0.3 is 0 Å². The summed E-state index contributed by atoms with van der Waals surface area (Å²) in [6, 6.07) is -3.68. The Kier molecular flexibility index (Phi) is 1.12. The minimum absolute atomic E-state index is 0.0255. The Morgan fingerprint density at radius 1 is 1.11 bits per heavy atom. The second-order valence-electron chi connectivity index (χ2n) is 2.13. The van der Waals surface area contributed by atoms with Crippen LogP contribution in [0.4, 0.5) is 8.78 Å². The molecule has 0 aromatic carbocycles. The maximum Gasteiger partial charge on any atom is 0.317 e. The first-order valence-electron chi connectivity index (χ1n) is 2.49. The van der Waals surface area contributed by atoms with Crippen LogP contribution in [0.5, 0.6) is 0 Å². The van der Waals surface area contributed by atoms with Gasteiger partial charge in [0.15, 0.2) is 5.41 Å². The van der Waals surface area contributed by atoms with Crippen molar-refractivity contribution in [1.29, 1.82) is 0 Å². The lowest BCUT2D eigenvalue weighted by molar-refractivity contribution is -0.147. The first kappa shape index (κ1) is 6.32. The summed E-state index contributed by atoms with van der Waals surface area (Å²) in [6.45, 7) is 0. The second kappa shape index (κ2) is 1.59. The van der Waals surface area contributed by atoms with Gasteiger partial charge in [0.1, 0.15) is 0 Å². The third kappa shape index (κ3) is 0.742. The van der Waals surface area contributed by atoms with Crippen molar-refractivity contribution in [2.24, 2.45) is 5.41 Å². The molecule has 2 nitrogen and oxygen atoms in total. The van der Waals surface area contributed by atoms with Crippen molar-refractivity contribution in [3.8, 4) is 0 Å². The normalized spacial score (nSPS) is 21.1. The molecular formula is C5H4F2O2. The third-order valence-corrected chi connectivity index (χ3v) is 1.50. The van der Waals surface area contributed by atoms with Crippen LogP contribution >= 0.6 is 0 Å². The van der Waals surface area contributed by atoms with Crippen LogP contribution in [-0.4, -0.2) is 12.1 Å². The van der Waals surface area contributed by atoms with Gasteiger partial charge in [0, 0.05) is 0 Å². The summed E-state index contributed by atoms with van der Waals surface area (Å²) in [5.74, 6) is 0. The maximum absolute atomic E-state index is 11.7. The van der Waals surface area contributed by atoms with Gasteiger partial charge in [0.05, 0.1) is 0 Å². The summed E-state index contributed by atoms with van der Waals surface area (Å²) in [4.78, 5) is 19.7. The Morgan fingerprint density at radius 2 is 1.44 bits per heavy atom. The van der Waals surface area contributed by atoms with Crippen molar-refractivity contribution in [2.45, 2.75) is 12.8 Å². The van der Waals surface area contributed by atoms with Gasteiger partial charge >= 0.3 is 12.1 Å². The van der Waals surface area contributed by atoms with Gasteiger partial charge in [-0.2, -0.15) is 8.78 Å². The number of halogens is 2. The molecule has 0 radical (unpaired) electrons. The summed E-state index contributed by atoms with van der Waals surface area (Å²) >= 11 is 0. The van der Waals surface area contributed by atoms with E-state index in [0.29, 0.717) is 0 Å². The molecular weight excluding hydrogens is 130 g/mol. The second-order valence-corrected chi connectivity index (χ2v) is 2.13. The molecule has 1 fully saturated rings. The molecule has 1 rings (SSSR count). The van der Waals surface area contributed by atoms with Crippen LogP contribution in [0.1, 0.15) is 12.8 Å². The minimum Gasteiger partial charge on any atom is -0.260 e. The van der Waals surface area contributed by atoms with Gasteiger partial charge in [-0.05, 0) is 12.8 Å². The number of carbonyl (C=O) groups excluding carboxylic acids is 2. The van der Waals surface area contributed by atoms with Crippen molar-refractivity contribution >= 4 is 12.1 Å². The van der Waals surface area contributed by atoms with E-state index in [4.69, 9.17) is 0 Å². The molecule has 0 unspecified atom stereocenters. The molecule has 0 spiro atoms. The van der Waals surface area contributed by atoms with E-state index < -0.39 is 17.5 Å². The van der Waals surface area contributed by atoms with E-state index in [1.165, 1.54) is 0 Å². The predicted molar refractivity (Wildman–Crippen MR) is 23.9 cm³/mol. The molecule has 0 aromatic heterocycles. The van der Waals surface area contributed by atoms with Crippen LogP contribution in [0.25, 0.3) is 0 Å². The van der Waals surface area contributed by atoms with E-state index in [1.807, 2.05) is 0 Å². The van der Waals surface area contributed by atoms with Gasteiger partial charge in [0.25, 0.3) is 0 Å². The van der Waals surface area contributed by atoms with Crippen molar-refractivity contribution in [1.82, 2.24) is 0 Å². The lowest BCUT2D eigenvalue weighted by atomic mass is 10.1.